The number of methoxy groups -OCH3 is 1. The van der Waals surface area contributed by atoms with Crippen LogP contribution in [0.25, 0.3) is 10.2 Å². The largest absolute Gasteiger partial charge is 0.497 e. The van der Waals surface area contributed by atoms with Crippen molar-refractivity contribution in [3.05, 3.63) is 41.0 Å². The van der Waals surface area contributed by atoms with Crippen molar-refractivity contribution >= 4 is 21.6 Å². The molecule has 5 heteroatoms. The van der Waals surface area contributed by atoms with Crippen LogP contribution in [0.5, 0.6) is 17.4 Å². The minimum atomic E-state index is 0.659. The lowest BCUT2D eigenvalue weighted by Gasteiger charge is -2.18. The van der Waals surface area contributed by atoms with Gasteiger partial charge in [-0.3, -0.25) is 0 Å². The van der Waals surface area contributed by atoms with Gasteiger partial charge in [-0.25, -0.2) is 9.97 Å². The number of nitrogens with zero attached hydrogens (tertiary/aromatic N) is 2. The van der Waals surface area contributed by atoms with Gasteiger partial charge in [0, 0.05) is 4.88 Å². The van der Waals surface area contributed by atoms with Gasteiger partial charge >= 0.3 is 0 Å². The number of fused-ring (bicyclic) bond motifs is 3. The lowest BCUT2D eigenvalue weighted by molar-refractivity contribution is 0.412. The van der Waals surface area contributed by atoms with Gasteiger partial charge in [-0.05, 0) is 55.0 Å². The van der Waals surface area contributed by atoms with E-state index >= 15 is 0 Å². The van der Waals surface area contributed by atoms with E-state index in [1.54, 1.807) is 24.8 Å². The Morgan fingerprint density at radius 1 is 1.13 bits per heavy atom. The minimum Gasteiger partial charge on any atom is -0.497 e. The van der Waals surface area contributed by atoms with Crippen LogP contribution in [0, 0.1) is 5.92 Å². The first-order valence-electron chi connectivity index (χ1n) is 7.81. The molecule has 2 aromatic heterocycles. The van der Waals surface area contributed by atoms with Crippen molar-refractivity contribution in [2.45, 2.75) is 26.2 Å². The fourth-order valence-corrected chi connectivity index (χ4v) is 4.42. The maximum atomic E-state index is 6.04. The van der Waals surface area contributed by atoms with Gasteiger partial charge in [0.05, 0.1) is 12.5 Å². The van der Waals surface area contributed by atoms with Gasteiger partial charge in [-0.1, -0.05) is 6.92 Å². The van der Waals surface area contributed by atoms with E-state index in [1.807, 2.05) is 24.3 Å². The number of aryl methyl sites for hydroxylation is 1. The molecule has 23 heavy (non-hydrogen) atoms. The molecule has 4 nitrogen and oxygen atoms in total. The van der Waals surface area contributed by atoms with Crippen LogP contribution in [-0.4, -0.2) is 17.1 Å². The SMILES string of the molecule is COc1ccc(Oc2ncnc3sc4c(c23)CC[C@@H](C)C4)cc1. The fraction of sp³-hybridized carbons (Fsp3) is 0.333. The van der Waals surface area contributed by atoms with E-state index in [-0.39, 0.29) is 0 Å². The van der Waals surface area contributed by atoms with Crippen LogP contribution in [0.1, 0.15) is 23.8 Å². The maximum Gasteiger partial charge on any atom is 0.231 e. The van der Waals surface area contributed by atoms with Crippen LogP contribution in [0.2, 0.25) is 0 Å². The van der Waals surface area contributed by atoms with Crippen molar-refractivity contribution in [2.24, 2.45) is 5.92 Å². The van der Waals surface area contributed by atoms with Crippen molar-refractivity contribution in [3.63, 3.8) is 0 Å². The summed E-state index contributed by atoms with van der Waals surface area (Å²) in [6, 6.07) is 7.57. The molecule has 0 bridgehead atoms. The van der Waals surface area contributed by atoms with E-state index in [2.05, 4.69) is 16.9 Å². The van der Waals surface area contributed by atoms with Gasteiger partial charge < -0.3 is 9.47 Å². The normalized spacial score (nSPS) is 17.0. The predicted octanol–water partition coefficient (Wildman–Crippen LogP) is 4.62. The molecule has 0 unspecified atom stereocenters. The smallest absolute Gasteiger partial charge is 0.231 e. The van der Waals surface area contributed by atoms with Crippen LogP contribution < -0.4 is 9.47 Å². The average Bonchev–Trinajstić information content (AvgIpc) is 2.94. The Bertz CT molecular complexity index is 842. The third kappa shape index (κ3) is 2.65. The van der Waals surface area contributed by atoms with Gasteiger partial charge in [-0.15, -0.1) is 11.3 Å². The van der Waals surface area contributed by atoms with E-state index in [1.165, 1.54) is 16.9 Å². The van der Waals surface area contributed by atoms with Crippen molar-refractivity contribution < 1.29 is 9.47 Å². The monoisotopic (exact) mass is 326 g/mol. The van der Waals surface area contributed by atoms with Crippen molar-refractivity contribution in [2.75, 3.05) is 7.11 Å². The van der Waals surface area contributed by atoms with Gasteiger partial charge in [0.1, 0.15) is 22.7 Å². The van der Waals surface area contributed by atoms with Gasteiger partial charge in [0.25, 0.3) is 0 Å². The first-order chi connectivity index (χ1) is 11.2. The highest BCUT2D eigenvalue weighted by Crippen LogP contribution is 2.41. The van der Waals surface area contributed by atoms with Crippen LogP contribution in [0.3, 0.4) is 0 Å². The van der Waals surface area contributed by atoms with Gasteiger partial charge in [0.2, 0.25) is 5.88 Å². The minimum absolute atomic E-state index is 0.659. The Morgan fingerprint density at radius 2 is 1.91 bits per heavy atom. The standard InChI is InChI=1S/C18H18N2O2S/c1-11-3-8-14-15(9-11)23-18-16(14)17(19-10-20-18)22-13-6-4-12(21-2)5-7-13/h4-7,10-11H,3,8-9H2,1-2H3/t11-/m1/s1. The first kappa shape index (κ1) is 14.5. The third-order valence-electron chi connectivity index (χ3n) is 4.33. The summed E-state index contributed by atoms with van der Waals surface area (Å²) in [4.78, 5) is 11.3. The van der Waals surface area contributed by atoms with E-state index < -0.39 is 0 Å². The van der Waals surface area contributed by atoms with Crippen molar-refractivity contribution in [3.8, 4) is 17.4 Å². The van der Waals surface area contributed by atoms with E-state index in [0.29, 0.717) is 5.88 Å². The second kappa shape index (κ2) is 5.81. The lowest BCUT2D eigenvalue weighted by Crippen LogP contribution is -2.08. The molecule has 0 aliphatic heterocycles. The summed E-state index contributed by atoms with van der Waals surface area (Å²) in [6.45, 7) is 2.31. The van der Waals surface area contributed by atoms with E-state index in [0.717, 1.165) is 40.5 Å². The van der Waals surface area contributed by atoms with Crippen LogP contribution in [-0.2, 0) is 12.8 Å². The zero-order chi connectivity index (χ0) is 15.8. The quantitative estimate of drug-likeness (QED) is 0.704. The third-order valence-corrected chi connectivity index (χ3v) is 5.49. The molecule has 1 aromatic carbocycles. The summed E-state index contributed by atoms with van der Waals surface area (Å²) in [6.07, 6.45) is 5.03. The Labute approximate surface area is 139 Å². The molecule has 3 aromatic rings. The molecular weight excluding hydrogens is 308 g/mol. The lowest BCUT2D eigenvalue weighted by atomic mass is 9.89. The van der Waals surface area contributed by atoms with Crippen molar-refractivity contribution in [1.29, 1.82) is 0 Å². The highest BCUT2D eigenvalue weighted by Gasteiger charge is 2.23. The predicted molar refractivity (Wildman–Crippen MR) is 91.7 cm³/mol. The summed E-state index contributed by atoms with van der Waals surface area (Å²) in [7, 11) is 1.66. The summed E-state index contributed by atoms with van der Waals surface area (Å²) in [5.41, 5.74) is 1.38. The Balaban J connectivity index is 1.74. The molecule has 0 amide bonds. The summed E-state index contributed by atoms with van der Waals surface area (Å²) in [5, 5.41) is 1.09. The number of hydrogen-bond donors (Lipinski definition) is 0. The number of thiophene rings is 1. The number of aromatic nitrogens is 2. The molecule has 0 saturated carbocycles. The molecule has 1 atom stereocenters. The maximum absolute atomic E-state index is 6.04. The van der Waals surface area contributed by atoms with E-state index in [9.17, 15) is 0 Å². The fourth-order valence-electron chi connectivity index (χ4n) is 3.08. The highest BCUT2D eigenvalue weighted by atomic mass is 32.1. The molecule has 2 heterocycles. The molecule has 0 saturated heterocycles. The Hall–Kier alpha value is -2.14. The van der Waals surface area contributed by atoms with Gasteiger partial charge in [0.15, 0.2) is 0 Å². The summed E-state index contributed by atoms with van der Waals surface area (Å²) >= 11 is 1.78. The number of benzene rings is 1. The summed E-state index contributed by atoms with van der Waals surface area (Å²) < 4.78 is 11.2. The zero-order valence-electron chi connectivity index (χ0n) is 13.2. The molecule has 1 aliphatic rings. The van der Waals surface area contributed by atoms with Crippen LogP contribution >= 0.6 is 11.3 Å². The molecule has 118 valence electrons. The molecule has 0 fully saturated rings. The molecule has 0 N–H and O–H groups in total. The van der Waals surface area contributed by atoms with E-state index in [4.69, 9.17) is 9.47 Å². The first-order valence-corrected chi connectivity index (χ1v) is 8.63. The number of hydrogen-bond acceptors (Lipinski definition) is 5. The van der Waals surface area contributed by atoms with Crippen LogP contribution in [0.15, 0.2) is 30.6 Å². The number of rotatable bonds is 3. The Morgan fingerprint density at radius 3 is 2.70 bits per heavy atom. The molecule has 1 aliphatic carbocycles. The second-order valence-electron chi connectivity index (χ2n) is 5.99. The Kier molecular flexibility index (Phi) is 3.65. The van der Waals surface area contributed by atoms with Crippen LogP contribution in [0.4, 0.5) is 0 Å². The molecule has 4 rings (SSSR count). The zero-order valence-corrected chi connectivity index (χ0v) is 14.0. The number of ether oxygens (including phenoxy) is 2. The topological polar surface area (TPSA) is 44.2 Å². The summed E-state index contributed by atoms with van der Waals surface area (Å²) in [5.74, 6) is 2.98. The molecule has 0 radical (unpaired) electrons. The molecule has 0 spiro atoms. The molecular formula is C18H18N2O2S. The highest BCUT2D eigenvalue weighted by molar-refractivity contribution is 7.18. The second-order valence-corrected chi connectivity index (χ2v) is 7.07. The van der Waals surface area contributed by atoms with Crippen molar-refractivity contribution in [1.82, 2.24) is 9.97 Å². The average molecular weight is 326 g/mol. The van der Waals surface area contributed by atoms with Gasteiger partial charge in [-0.2, -0.15) is 0 Å².